The lowest BCUT2D eigenvalue weighted by molar-refractivity contribution is -0.385. The molecule has 0 amide bonds. The van der Waals surface area contributed by atoms with Crippen LogP contribution in [0.3, 0.4) is 0 Å². The van der Waals surface area contributed by atoms with Crippen molar-refractivity contribution in [2.75, 3.05) is 7.11 Å². The van der Waals surface area contributed by atoms with Gasteiger partial charge < -0.3 is 9.84 Å². The van der Waals surface area contributed by atoms with E-state index in [0.717, 1.165) is 11.8 Å². The summed E-state index contributed by atoms with van der Waals surface area (Å²) >= 11 is 0. The Kier molecular flexibility index (Phi) is 4.11. The molecule has 2 aromatic rings. The molecule has 0 spiro atoms. The molecule has 0 atom stereocenters. The number of nitro groups is 1. The van der Waals surface area contributed by atoms with E-state index in [1.54, 1.807) is 12.1 Å². The van der Waals surface area contributed by atoms with Crippen molar-refractivity contribution in [1.29, 1.82) is 0 Å². The fourth-order valence-corrected chi connectivity index (χ4v) is 1.85. The number of rotatable bonds is 5. The summed E-state index contributed by atoms with van der Waals surface area (Å²) in [6, 6.07) is 3.26. The van der Waals surface area contributed by atoms with E-state index in [-0.39, 0.29) is 6.54 Å². The molecule has 0 saturated carbocycles. The quantitative estimate of drug-likeness (QED) is 0.484. The zero-order valence-electron chi connectivity index (χ0n) is 11.3. The highest BCUT2D eigenvalue weighted by atomic mass is 16.6. The van der Waals surface area contributed by atoms with Crippen LogP contribution < -0.4 is 0 Å². The lowest BCUT2D eigenvalue weighted by Crippen LogP contribution is -2.12. The van der Waals surface area contributed by atoms with E-state index >= 15 is 0 Å². The summed E-state index contributed by atoms with van der Waals surface area (Å²) in [4.78, 5) is 36.9. The molecule has 0 aliphatic heterocycles. The summed E-state index contributed by atoms with van der Waals surface area (Å²) < 4.78 is 5.27. The first-order valence-corrected chi connectivity index (χ1v) is 5.91. The van der Waals surface area contributed by atoms with E-state index in [9.17, 15) is 24.8 Å². The molecule has 0 aliphatic carbocycles. The number of esters is 1. The second kappa shape index (κ2) is 5.99. The fourth-order valence-electron chi connectivity index (χ4n) is 1.85. The fraction of sp³-hybridized carbons (Fsp3) is 0.167. The van der Waals surface area contributed by atoms with Crippen LogP contribution in [0.25, 0.3) is 0 Å². The van der Waals surface area contributed by atoms with Gasteiger partial charge in [-0.2, -0.15) is 5.10 Å². The number of carboxylic acids is 1. The Morgan fingerprint density at radius 2 is 2.23 bits per heavy atom. The Labute approximate surface area is 123 Å². The van der Waals surface area contributed by atoms with Gasteiger partial charge in [0.05, 0.1) is 18.6 Å². The SMILES string of the molecule is COC(=O)c1nn(Cc2cccnc2)c(C(=O)O)c1[N+](=O)[O-]. The maximum Gasteiger partial charge on any atom is 0.365 e. The van der Waals surface area contributed by atoms with Gasteiger partial charge in [-0.15, -0.1) is 0 Å². The largest absolute Gasteiger partial charge is 0.476 e. The molecule has 2 aromatic heterocycles. The smallest absolute Gasteiger partial charge is 0.365 e. The van der Waals surface area contributed by atoms with E-state index in [1.807, 2.05) is 0 Å². The van der Waals surface area contributed by atoms with Gasteiger partial charge in [-0.1, -0.05) is 6.07 Å². The second-order valence-electron chi connectivity index (χ2n) is 4.12. The molecule has 2 rings (SSSR count). The first-order chi connectivity index (χ1) is 10.5. The van der Waals surface area contributed by atoms with Crippen LogP contribution in [-0.4, -0.2) is 43.8 Å². The van der Waals surface area contributed by atoms with Crippen molar-refractivity contribution in [3.05, 3.63) is 51.6 Å². The predicted molar refractivity (Wildman–Crippen MR) is 70.5 cm³/mol. The highest BCUT2D eigenvalue weighted by Crippen LogP contribution is 2.25. The molecule has 10 heteroatoms. The van der Waals surface area contributed by atoms with Gasteiger partial charge in [0.2, 0.25) is 11.4 Å². The van der Waals surface area contributed by atoms with Gasteiger partial charge in [0.15, 0.2) is 0 Å². The first-order valence-electron chi connectivity index (χ1n) is 5.91. The molecule has 0 radical (unpaired) electrons. The van der Waals surface area contributed by atoms with Crippen LogP contribution in [0.1, 0.15) is 26.5 Å². The Balaban J connectivity index is 2.60. The molecular weight excluding hydrogens is 296 g/mol. The molecule has 10 nitrogen and oxygen atoms in total. The molecule has 0 saturated heterocycles. The van der Waals surface area contributed by atoms with Gasteiger partial charge in [-0.3, -0.25) is 15.1 Å². The van der Waals surface area contributed by atoms with Crippen LogP contribution in [0.15, 0.2) is 24.5 Å². The standard InChI is InChI=1S/C12H10N4O6/c1-22-12(19)8-9(16(20)21)10(11(17)18)15(14-8)6-7-3-2-4-13-5-7/h2-5H,6H2,1H3,(H,17,18). The Morgan fingerprint density at radius 3 is 2.73 bits per heavy atom. The third-order valence-corrected chi connectivity index (χ3v) is 2.75. The molecular formula is C12H10N4O6. The summed E-state index contributed by atoms with van der Waals surface area (Å²) in [7, 11) is 1.02. The van der Waals surface area contributed by atoms with E-state index in [1.165, 1.54) is 12.4 Å². The number of hydrogen-bond donors (Lipinski definition) is 1. The van der Waals surface area contributed by atoms with Gasteiger partial charge >= 0.3 is 17.6 Å². The molecule has 2 heterocycles. The molecule has 0 aliphatic rings. The second-order valence-corrected chi connectivity index (χ2v) is 4.12. The number of carboxylic acid groups (broad SMARTS) is 1. The molecule has 0 aromatic carbocycles. The highest BCUT2D eigenvalue weighted by Gasteiger charge is 2.36. The van der Waals surface area contributed by atoms with Gasteiger partial charge in [0, 0.05) is 12.4 Å². The van der Waals surface area contributed by atoms with Gasteiger partial charge in [0.1, 0.15) is 0 Å². The highest BCUT2D eigenvalue weighted by molar-refractivity contribution is 5.99. The van der Waals surface area contributed by atoms with Crippen molar-refractivity contribution in [2.45, 2.75) is 6.54 Å². The molecule has 114 valence electrons. The Morgan fingerprint density at radius 1 is 1.50 bits per heavy atom. The van der Waals surface area contributed by atoms with Gasteiger partial charge in [-0.25, -0.2) is 14.3 Å². The van der Waals surface area contributed by atoms with E-state index in [2.05, 4.69) is 14.8 Å². The molecule has 0 fully saturated rings. The number of carbonyl (C=O) groups excluding carboxylic acids is 1. The lowest BCUT2D eigenvalue weighted by Gasteiger charge is -2.03. The minimum Gasteiger partial charge on any atom is -0.476 e. The number of carbonyl (C=O) groups is 2. The summed E-state index contributed by atoms with van der Waals surface area (Å²) in [5.74, 6) is -2.66. The van der Waals surface area contributed by atoms with E-state index in [4.69, 9.17) is 0 Å². The van der Waals surface area contributed by atoms with Crippen LogP contribution in [0.5, 0.6) is 0 Å². The maximum atomic E-state index is 11.6. The van der Waals surface area contributed by atoms with E-state index in [0.29, 0.717) is 5.56 Å². The first kappa shape index (κ1) is 15.1. The number of methoxy groups -OCH3 is 1. The zero-order valence-corrected chi connectivity index (χ0v) is 11.3. The zero-order chi connectivity index (χ0) is 16.3. The average Bonchev–Trinajstić information content (AvgIpc) is 2.87. The minimum atomic E-state index is -1.57. The maximum absolute atomic E-state index is 11.6. The van der Waals surface area contributed by atoms with Gasteiger partial charge in [-0.05, 0) is 11.6 Å². The van der Waals surface area contributed by atoms with Crippen molar-refractivity contribution < 1.29 is 24.4 Å². The number of nitrogens with zero attached hydrogens (tertiary/aromatic N) is 4. The van der Waals surface area contributed by atoms with Crippen LogP contribution in [0, 0.1) is 10.1 Å². The van der Waals surface area contributed by atoms with Crippen molar-refractivity contribution >= 4 is 17.6 Å². The monoisotopic (exact) mass is 306 g/mol. The van der Waals surface area contributed by atoms with Crippen molar-refractivity contribution in [3.63, 3.8) is 0 Å². The van der Waals surface area contributed by atoms with Crippen molar-refractivity contribution in [1.82, 2.24) is 14.8 Å². The minimum absolute atomic E-state index is 0.0900. The topological polar surface area (TPSA) is 137 Å². The Bertz CT molecular complexity index is 740. The lowest BCUT2D eigenvalue weighted by atomic mass is 10.2. The molecule has 0 unspecified atom stereocenters. The van der Waals surface area contributed by atoms with Crippen molar-refractivity contribution in [2.24, 2.45) is 0 Å². The number of aromatic carboxylic acids is 1. The number of hydrogen-bond acceptors (Lipinski definition) is 7. The van der Waals surface area contributed by atoms with Crippen molar-refractivity contribution in [3.8, 4) is 0 Å². The average molecular weight is 306 g/mol. The third kappa shape index (κ3) is 2.75. The summed E-state index contributed by atoms with van der Waals surface area (Å²) in [6.45, 7) is -0.0900. The number of pyridine rings is 1. The van der Waals surface area contributed by atoms with Gasteiger partial charge in [0.25, 0.3) is 0 Å². The molecule has 0 bridgehead atoms. The van der Waals surface area contributed by atoms with Crippen LogP contribution in [0.2, 0.25) is 0 Å². The third-order valence-electron chi connectivity index (χ3n) is 2.75. The Hall–Kier alpha value is -3.30. The van der Waals surface area contributed by atoms with Crippen LogP contribution in [0.4, 0.5) is 5.69 Å². The normalized spacial score (nSPS) is 10.2. The summed E-state index contributed by atoms with van der Waals surface area (Å²) in [5, 5.41) is 24.0. The van der Waals surface area contributed by atoms with Crippen LogP contribution in [-0.2, 0) is 11.3 Å². The summed E-state index contributed by atoms with van der Waals surface area (Å²) in [5.41, 5.74) is -1.69. The van der Waals surface area contributed by atoms with E-state index < -0.39 is 33.9 Å². The number of ether oxygens (including phenoxy) is 1. The predicted octanol–water partition coefficient (Wildman–Crippen LogP) is 0.719. The molecule has 22 heavy (non-hydrogen) atoms. The summed E-state index contributed by atoms with van der Waals surface area (Å²) in [6.07, 6.45) is 2.98. The number of aromatic nitrogens is 3. The van der Waals surface area contributed by atoms with Crippen LogP contribution >= 0.6 is 0 Å². The molecule has 1 N–H and O–H groups in total.